The van der Waals surface area contributed by atoms with Crippen molar-refractivity contribution in [2.24, 2.45) is 10.9 Å². The molecular weight excluding hydrogens is 384 g/mol. The van der Waals surface area contributed by atoms with Gasteiger partial charge in [-0.3, -0.25) is 14.4 Å². The Kier molecular flexibility index (Phi) is 6.34. The lowest BCUT2D eigenvalue weighted by molar-refractivity contribution is -0.137. The van der Waals surface area contributed by atoms with Crippen LogP contribution in [-0.2, 0) is 19.2 Å². The van der Waals surface area contributed by atoms with Crippen LogP contribution >= 0.6 is 0 Å². The van der Waals surface area contributed by atoms with Crippen LogP contribution in [0, 0.1) is 0 Å². The number of nitrogens with zero attached hydrogens (tertiary/aromatic N) is 2. The van der Waals surface area contributed by atoms with Crippen LogP contribution in [0.2, 0.25) is 0 Å². The smallest absolute Gasteiger partial charge is 0.248 e. The highest BCUT2D eigenvalue weighted by atomic mass is 16.7. The Hall–Kier alpha value is -3.42. The third-order valence-electron chi connectivity index (χ3n) is 5.20. The van der Waals surface area contributed by atoms with E-state index in [1.54, 1.807) is 25.1 Å². The molecule has 0 aliphatic carbocycles. The van der Waals surface area contributed by atoms with Crippen LogP contribution in [0.4, 0.5) is 5.69 Å². The van der Waals surface area contributed by atoms with Crippen molar-refractivity contribution < 1.29 is 19.2 Å². The van der Waals surface area contributed by atoms with Gasteiger partial charge in [-0.05, 0) is 19.1 Å². The van der Waals surface area contributed by atoms with Crippen molar-refractivity contribution in [1.82, 2.24) is 4.90 Å². The lowest BCUT2D eigenvalue weighted by atomic mass is 9.91. The molecule has 0 radical (unpaired) electrons. The van der Waals surface area contributed by atoms with Crippen LogP contribution in [0.5, 0.6) is 0 Å². The zero-order valence-corrected chi connectivity index (χ0v) is 17.1. The fourth-order valence-corrected chi connectivity index (χ4v) is 3.75. The summed E-state index contributed by atoms with van der Waals surface area (Å²) in [6.45, 7) is 3.89. The molecule has 8 heteroatoms. The molecule has 3 N–H and O–H groups in total. The molecule has 2 atom stereocenters. The zero-order valence-electron chi connectivity index (χ0n) is 17.1. The lowest BCUT2D eigenvalue weighted by Gasteiger charge is -2.22. The molecule has 30 heavy (non-hydrogen) atoms. The number of hydrogen-bond acceptors (Lipinski definition) is 5. The first-order valence-corrected chi connectivity index (χ1v) is 9.92. The van der Waals surface area contributed by atoms with Gasteiger partial charge in [0.15, 0.2) is 5.60 Å². The van der Waals surface area contributed by atoms with Crippen molar-refractivity contribution in [3.05, 3.63) is 54.1 Å². The number of carbonyl (C=O) groups excluding carboxylic acids is 3. The van der Waals surface area contributed by atoms with Crippen molar-refractivity contribution in [3.8, 4) is 0 Å². The van der Waals surface area contributed by atoms with Crippen LogP contribution in [0.15, 0.2) is 53.7 Å². The summed E-state index contributed by atoms with van der Waals surface area (Å²) < 4.78 is 0. The SMILES string of the molecule is C/C=C\C=C/C(=O)Nc1cccc(C2=NOC3(C2)C[C@H](C(N)=O)N(C(=O)CC)C3)c1. The van der Waals surface area contributed by atoms with Gasteiger partial charge in [0, 0.05) is 36.6 Å². The molecule has 0 bridgehead atoms. The van der Waals surface area contributed by atoms with E-state index in [1.165, 1.54) is 11.0 Å². The van der Waals surface area contributed by atoms with Gasteiger partial charge in [0.1, 0.15) is 6.04 Å². The predicted molar refractivity (Wildman–Crippen MR) is 114 cm³/mol. The highest BCUT2D eigenvalue weighted by molar-refractivity contribution is 6.04. The third-order valence-corrected chi connectivity index (χ3v) is 5.20. The molecule has 3 amide bonds. The number of benzene rings is 1. The van der Waals surface area contributed by atoms with E-state index in [1.807, 2.05) is 31.2 Å². The normalized spacial score (nSPS) is 23.2. The number of carbonyl (C=O) groups is 3. The number of oxime groups is 1. The minimum absolute atomic E-state index is 0.136. The number of hydrogen-bond donors (Lipinski definition) is 2. The Morgan fingerprint density at radius 1 is 1.37 bits per heavy atom. The molecule has 2 heterocycles. The minimum Gasteiger partial charge on any atom is -0.387 e. The Bertz CT molecular complexity index is 937. The molecule has 2 aliphatic rings. The van der Waals surface area contributed by atoms with E-state index in [0.717, 1.165) is 5.56 Å². The molecule has 1 aromatic carbocycles. The Morgan fingerprint density at radius 2 is 2.17 bits per heavy atom. The summed E-state index contributed by atoms with van der Waals surface area (Å²) in [5, 5.41) is 7.03. The number of primary amides is 1. The van der Waals surface area contributed by atoms with E-state index in [4.69, 9.17) is 10.6 Å². The average Bonchev–Trinajstić information content (AvgIpc) is 3.32. The summed E-state index contributed by atoms with van der Waals surface area (Å²) in [5.74, 6) is -0.912. The van der Waals surface area contributed by atoms with Gasteiger partial charge in [-0.25, -0.2) is 0 Å². The molecule has 8 nitrogen and oxygen atoms in total. The quantitative estimate of drug-likeness (QED) is 0.552. The van der Waals surface area contributed by atoms with Gasteiger partial charge in [-0.15, -0.1) is 0 Å². The van der Waals surface area contributed by atoms with E-state index < -0.39 is 17.6 Å². The van der Waals surface area contributed by atoms with E-state index in [-0.39, 0.29) is 24.8 Å². The zero-order chi connectivity index (χ0) is 21.7. The molecule has 1 fully saturated rings. The number of likely N-dealkylation sites (tertiary alicyclic amines) is 1. The molecular formula is C22H26N4O4. The summed E-state index contributed by atoms with van der Waals surface area (Å²) in [4.78, 5) is 43.3. The largest absolute Gasteiger partial charge is 0.387 e. The Balaban J connectivity index is 1.72. The molecule has 1 unspecified atom stereocenters. The van der Waals surface area contributed by atoms with Crippen LogP contribution in [0.3, 0.4) is 0 Å². The summed E-state index contributed by atoms with van der Waals surface area (Å²) >= 11 is 0. The number of nitrogens with one attached hydrogen (secondary N) is 1. The highest BCUT2D eigenvalue weighted by Gasteiger charge is 2.52. The molecule has 158 valence electrons. The minimum atomic E-state index is -0.756. The maximum Gasteiger partial charge on any atom is 0.248 e. The second kappa shape index (κ2) is 8.94. The summed E-state index contributed by atoms with van der Waals surface area (Å²) in [6, 6.07) is 6.61. The summed E-state index contributed by atoms with van der Waals surface area (Å²) in [7, 11) is 0. The first-order chi connectivity index (χ1) is 14.4. The van der Waals surface area contributed by atoms with E-state index in [0.29, 0.717) is 24.2 Å². The van der Waals surface area contributed by atoms with E-state index >= 15 is 0 Å². The number of allylic oxidation sites excluding steroid dienone is 3. The van der Waals surface area contributed by atoms with Crippen molar-refractivity contribution >= 4 is 29.1 Å². The van der Waals surface area contributed by atoms with Gasteiger partial charge >= 0.3 is 0 Å². The monoisotopic (exact) mass is 410 g/mol. The van der Waals surface area contributed by atoms with Gasteiger partial charge in [0.05, 0.1) is 12.3 Å². The highest BCUT2D eigenvalue weighted by Crippen LogP contribution is 2.39. The molecule has 2 aliphatic heterocycles. The number of nitrogens with two attached hydrogens (primary N) is 1. The molecule has 0 aromatic heterocycles. The first-order valence-electron chi connectivity index (χ1n) is 9.92. The first kappa shape index (κ1) is 21.3. The van der Waals surface area contributed by atoms with Gasteiger partial charge in [0.2, 0.25) is 17.7 Å². The molecule has 1 saturated heterocycles. The molecule has 3 rings (SSSR count). The van der Waals surface area contributed by atoms with Crippen molar-refractivity contribution in [2.45, 2.75) is 44.8 Å². The van der Waals surface area contributed by atoms with Crippen molar-refractivity contribution in [3.63, 3.8) is 0 Å². The van der Waals surface area contributed by atoms with E-state index in [9.17, 15) is 14.4 Å². The van der Waals surface area contributed by atoms with Gasteiger partial charge < -0.3 is 20.8 Å². The maximum atomic E-state index is 12.2. The maximum absolute atomic E-state index is 12.2. The number of amides is 3. The number of anilines is 1. The molecule has 0 saturated carbocycles. The third kappa shape index (κ3) is 4.59. The summed E-state index contributed by atoms with van der Waals surface area (Å²) in [5.41, 5.74) is 6.89. The average molecular weight is 410 g/mol. The van der Waals surface area contributed by atoms with E-state index in [2.05, 4.69) is 10.5 Å². The number of rotatable bonds is 6. The van der Waals surface area contributed by atoms with Crippen LogP contribution < -0.4 is 11.1 Å². The van der Waals surface area contributed by atoms with Crippen molar-refractivity contribution in [2.75, 3.05) is 11.9 Å². The second-order valence-corrected chi connectivity index (χ2v) is 7.44. The van der Waals surface area contributed by atoms with Crippen LogP contribution in [0.1, 0.15) is 38.7 Å². The van der Waals surface area contributed by atoms with Crippen LogP contribution in [-0.4, -0.2) is 46.5 Å². The topological polar surface area (TPSA) is 114 Å². The molecule has 1 spiro atoms. The van der Waals surface area contributed by atoms with Gasteiger partial charge in [0.25, 0.3) is 0 Å². The predicted octanol–water partition coefficient (Wildman–Crippen LogP) is 2.12. The molecule has 1 aromatic rings. The Morgan fingerprint density at radius 3 is 2.87 bits per heavy atom. The van der Waals surface area contributed by atoms with Gasteiger partial charge in [-0.1, -0.05) is 42.4 Å². The fourth-order valence-electron chi connectivity index (χ4n) is 3.75. The van der Waals surface area contributed by atoms with Gasteiger partial charge in [-0.2, -0.15) is 0 Å². The second-order valence-electron chi connectivity index (χ2n) is 7.44. The standard InChI is InChI=1S/C22H26N4O4/c1-3-5-6-10-19(27)24-16-9-7-8-15(11-16)17-12-22(30-25-17)13-18(21(23)29)26(14-22)20(28)4-2/h3,5-11,18H,4,12-14H2,1-2H3,(H2,23,29)(H,24,27)/b5-3-,10-6-/t18-,22?/m1/s1. The van der Waals surface area contributed by atoms with Crippen molar-refractivity contribution in [1.29, 1.82) is 0 Å². The summed E-state index contributed by atoms with van der Waals surface area (Å²) in [6.07, 6.45) is 7.76. The fraction of sp³-hybridized carbons (Fsp3) is 0.364. The lowest BCUT2D eigenvalue weighted by Crippen LogP contribution is -2.43. The van der Waals surface area contributed by atoms with Crippen LogP contribution in [0.25, 0.3) is 0 Å². The Labute approximate surface area is 175 Å².